The zero-order valence-corrected chi connectivity index (χ0v) is 14.0. The van der Waals surface area contributed by atoms with Crippen LogP contribution in [0, 0.1) is 0 Å². The normalized spacial score (nSPS) is 11.6. The zero-order chi connectivity index (χ0) is 19.0. The second-order valence-corrected chi connectivity index (χ2v) is 5.74. The highest BCUT2D eigenvalue weighted by molar-refractivity contribution is 5.34. The van der Waals surface area contributed by atoms with E-state index < -0.39 is 19.0 Å². The number of aliphatic hydroxyl groups excluding tert-OH is 1. The molecule has 2 aromatic carbocycles. The quantitative estimate of drug-likeness (QED) is 0.499. The maximum atomic E-state index is 12.8. The Kier molecular flexibility index (Phi) is 7.26. The van der Waals surface area contributed by atoms with E-state index in [0.29, 0.717) is 25.2 Å². The fourth-order valence-electron chi connectivity index (χ4n) is 2.14. The molecule has 0 fully saturated rings. The fraction of sp³-hybridized carbons (Fsp3) is 0.368. The molecule has 3 nitrogen and oxygen atoms in total. The molecule has 0 heterocycles. The van der Waals surface area contributed by atoms with E-state index >= 15 is 0 Å². The Morgan fingerprint density at radius 3 is 1.81 bits per heavy atom. The van der Waals surface area contributed by atoms with E-state index in [9.17, 15) is 17.6 Å². The number of rotatable bonds is 10. The number of hydrogen-bond acceptors (Lipinski definition) is 3. The van der Waals surface area contributed by atoms with E-state index in [0.717, 1.165) is 11.1 Å². The third kappa shape index (κ3) is 6.22. The summed E-state index contributed by atoms with van der Waals surface area (Å²) < 4.78 is 60.0. The van der Waals surface area contributed by atoms with E-state index in [1.807, 2.05) is 24.3 Å². The first-order chi connectivity index (χ1) is 12.4. The summed E-state index contributed by atoms with van der Waals surface area (Å²) >= 11 is 0. The molecule has 0 saturated heterocycles. The highest BCUT2D eigenvalue weighted by Gasteiger charge is 2.41. The first-order valence-electron chi connectivity index (χ1n) is 8.11. The van der Waals surface area contributed by atoms with Crippen molar-refractivity contribution in [1.82, 2.24) is 0 Å². The topological polar surface area (TPSA) is 38.7 Å². The standard InChI is InChI=1S/C19H20F4O3/c20-18(21)19(22,23)13-26-17-8-4-15(5-9-17)12-14-2-6-16(7-3-14)25-11-1-10-24/h2-9,18,24H,1,10-13H2. The van der Waals surface area contributed by atoms with Crippen molar-refractivity contribution >= 4 is 0 Å². The summed E-state index contributed by atoms with van der Waals surface area (Å²) in [6.07, 6.45) is -2.57. The second-order valence-electron chi connectivity index (χ2n) is 5.74. The predicted octanol–water partition coefficient (Wildman–Crippen LogP) is 4.32. The average Bonchev–Trinajstić information content (AvgIpc) is 2.63. The van der Waals surface area contributed by atoms with Gasteiger partial charge in [0.1, 0.15) is 11.5 Å². The van der Waals surface area contributed by atoms with E-state index in [-0.39, 0.29) is 12.4 Å². The van der Waals surface area contributed by atoms with Gasteiger partial charge >= 0.3 is 12.3 Å². The van der Waals surface area contributed by atoms with E-state index in [2.05, 4.69) is 0 Å². The molecule has 142 valence electrons. The molecular weight excluding hydrogens is 352 g/mol. The van der Waals surface area contributed by atoms with Gasteiger partial charge in [-0.2, -0.15) is 8.78 Å². The summed E-state index contributed by atoms with van der Waals surface area (Å²) in [6, 6.07) is 13.8. The molecule has 0 unspecified atom stereocenters. The number of aliphatic hydroxyl groups is 1. The average molecular weight is 372 g/mol. The molecule has 2 rings (SSSR count). The number of alkyl halides is 4. The number of ether oxygens (including phenoxy) is 2. The van der Waals surface area contributed by atoms with Gasteiger partial charge in [-0.15, -0.1) is 0 Å². The van der Waals surface area contributed by atoms with Crippen molar-refractivity contribution in [2.75, 3.05) is 19.8 Å². The van der Waals surface area contributed by atoms with E-state index in [1.165, 1.54) is 12.1 Å². The van der Waals surface area contributed by atoms with Gasteiger partial charge in [0.2, 0.25) is 0 Å². The highest BCUT2D eigenvalue weighted by Crippen LogP contribution is 2.25. The molecule has 0 aliphatic heterocycles. The molecule has 0 aromatic heterocycles. The van der Waals surface area contributed by atoms with Crippen LogP contribution in [-0.2, 0) is 6.42 Å². The van der Waals surface area contributed by atoms with Crippen molar-refractivity contribution in [3.05, 3.63) is 59.7 Å². The molecule has 0 aliphatic carbocycles. The lowest BCUT2D eigenvalue weighted by Crippen LogP contribution is -2.33. The van der Waals surface area contributed by atoms with Crippen molar-refractivity contribution < 1.29 is 32.1 Å². The second kappa shape index (κ2) is 9.43. The number of halogens is 4. The summed E-state index contributed by atoms with van der Waals surface area (Å²) in [5.74, 6) is -3.34. The Morgan fingerprint density at radius 2 is 1.35 bits per heavy atom. The van der Waals surface area contributed by atoms with Gasteiger partial charge in [0.15, 0.2) is 6.61 Å². The monoisotopic (exact) mass is 372 g/mol. The third-order valence-electron chi connectivity index (χ3n) is 3.58. The van der Waals surface area contributed by atoms with Gasteiger partial charge < -0.3 is 14.6 Å². The summed E-state index contributed by atoms with van der Waals surface area (Å²) in [5.41, 5.74) is 1.95. The van der Waals surface area contributed by atoms with Crippen molar-refractivity contribution in [3.8, 4) is 11.5 Å². The maximum absolute atomic E-state index is 12.8. The van der Waals surface area contributed by atoms with Gasteiger partial charge in [0.05, 0.1) is 6.61 Å². The number of benzene rings is 2. The molecule has 7 heteroatoms. The van der Waals surface area contributed by atoms with Crippen LogP contribution in [0.5, 0.6) is 11.5 Å². The lowest BCUT2D eigenvalue weighted by molar-refractivity contribution is -0.148. The minimum atomic E-state index is -4.17. The van der Waals surface area contributed by atoms with Crippen LogP contribution in [0.2, 0.25) is 0 Å². The van der Waals surface area contributed by atoms with Gasteiger partial charge in [-0.05, 0) is 41.8 Å². The molecule has 0 radical (unpaired) electrons. The van der Waals surface area contributed by atoms with Crippen molar-refractivity contribution in [1.29, 1.82) is 0 Å². The predicted molar refractivity (Wildman–Crippen MR) is 89.3 cm³/mol. The Labute approximate surface area is 149 Å². The molecule has 0 atom stereocenters. The van der Waals surface area contributed by atoms with Gasteiger partial charge in [-0.3, -0.25) is 0 Å². The fourth-order valence-corrected chi connectivity index (χ4v) is 2.14. The minimum absolute atomic E-state index is 0.0809. The SMILES string of the molecule is OCCCOc1ccc(Cc2ccc(OCC(F)(F)C(F)F)cc2)cc1. The molecule has 0 amide bonds. The molecule has 0 aliphatic rings. The van der Waals surface area contributed by atoms with Crippen LogP contribution in [0.3, 0.4) is 0 Å². The van der Waals surface area contributed by atoms with Crippen LogP contribution in [0.25, 0.3) is 0 Å². The van der Waals surface area contributed by atoms with Crippen molar-refractivity contribution in [2.24, 2.45) is 0 Å². The minimum Gasteiger partial charge on any atom is -0.494 e. The highest BCUT2D eigenvalue weighted by atomic mass is 19.3. The van der Waals surface area contributed by atoms with Crippen LogP contribution >= 0.6 is 0 Å². The summed E-state index contributed by atoms with van der Waals surface area (Å²) in [4.78, 5) is 0. The van der Waals surface area contributed by atoms with Crippen LogP contribution in [-0.4, -0.2) is 37.3 Å². The molecule has 26 heavy (non-hydrogen) atoms. The van der Waals surface area contributed by atoms with Crippen LogP contribution in [0.4, 0.5) is 17.6 Å². The molecule has 2 aromatic rings. The summed E-state index contributed by atoms with van der Waals surface area (Å²) in [5, 5.41) is 8.71. The van der Waals surface area contributed by atoms with Gasteiger partial charge in [-0.25, -0.2) is 8.78 Å². The van der Waals surface area contributed by atoms with Crippen LogP contribution in [0.15, 0.2) is 48.5 Å². The maximum Gasteiger partial charge on any atom is 0.340 e. The molecule has 0 bridgehead atoms. The third-order valence-corrected chi connectivity index (χ3v) is 3.58. The smallest absolute Gasteiger partial charge is 0.340 e. The number of hydrogen-bond donors (Lipinski definition) is 1. The van der Waals surface area contributed by atoms with E-state index in [1.54, 1.807) is 12.1 Å². The summed E-state index contributed by atoms with van der Waals surface area (Å²) in [7, 11) is 0. The first kappa shape index (κ1) is 20.0. The molecule has 0 saturated carbocycles. The van der Waals surface area contributed by atoms with Crippen LogP contribution in [0.1, 0.15) is 17.5 Å². The Balaban J connectivity index is 1.86. The zero-order valence-electron chi connectivity index (χ0n) is 14.0. The molecular formula is C19H20F4O3. The van der Waals surface area contributed by atoms with E-state index in [4.69, 9.17) is 14.6 Å². The first-order valence-corrected chi connectivity index (χ1v) is 8.11. The Bertz CT molecular complexity index is 657. The Morgan fingerprint density at radius 1 is 0.846 bits per heavy atom. The molecule has 1 N–H and O–H groups in total. The Hall–Kier alpha value is -2.28. The van der Waals surface area contributed by atoms with Gasteiger partial charge in [0.25, 0.3) is 0 Å². The lowest BCUT2D eigenvalue weighted by Gasteiger charge is -2.16. The molecule has 0 spiro atoms. The largest absolute Gasteiger partial charge is 0.494 e. The summed E-state index contributed by atoms with van der Waals surface area (Å²) in [6.45, 7) is -0.832. The van der Waals surface area contributed by atoms with Crippen LogP contribution < -0.4 is 9.47 Å². The van der Waals surface area contributed by atoms with Gasteiger partial charge in [0, 0.05) is 13.0 Å². The lowest BCUT2D eigenvalue weighted by atomic mass is 10.0. The van der Waals surface area contributed by atoms with Crippen molar-refractivity contribution in [3.63, 3.8) is 0 Å². The van der Waals surface area contributed by atoms with Gasteiger partial charge in [-0.1, -0.05) is 24.3 Å². The van der Waals surface area contributed by atoms with Crippen molar-refractivity contribution in [2.45, 2.75) is 25.2 Å².